The summed E-state index contributed by atoms with van der Waals surface area (Å²) in [6.45, 7) is 4.03. The second kappa shape index (κ2) is 6.90. The van der Waals surface area contributed by atoms with Gasteiger partial charge in [-0.25, -0.2) is 13.1 Å². The van der Waals surface area contributed by atoms with Crippen molar-refractivity contribution in [3.8, 4) is 0 Å². The lowest BCUT2D eigenvalue weighted by molar-refractivity contribution is 0.173. The molecular formula is C16H25NO3S. The highest BCUT2D eigenvalue weighted by atomic mass is 32.2. The van der Waals surface area contributed by atoms with Gasteiger partial charge in [0.05, 0.1) is 11.0 Å². The van der Waals surface area contributed by atoms with Gasteiger partial charge in [-0.2, -0.15) is 0 Å². The summed E-state index contributed by atoms with van der Waals surface area (Å²) < 4.78 is 27.8. The Morgan fingerprint density at radius 3 is 2.81 bits per heavy atom. The van der Waals surface area contributed by atoms with Gasteiger partial charge < -0.3 is 5.11 Å². The second-order valence-corrected chi connectivity index (χ2v) is 7.80. The first-order valence-electron chi connectivity index (χ1n) is 7.72. The average Bonchev–Trinajstić information content (AvgIpc) is 2.46. The average molecular weight is 311 g/mol. The Morgan fingerprint density at radius 2 is 2.14 bits per heavy atom. The van der Waals surface area contributed by atoms with Crippen LogP contribution in [0.2, 0.25) is 0 Å². The van der Waals surface area contributed by atoms with Gasteiger partial charge in [0.15, 0.2) is 0 Å². The molecule has 1 saturated carbocycles. The van der Waals surface area contributed by atoms with E-state index in [2.05, 4.69) is 11.6 Å². The van der Waals surface area contributed by atoms with Crippen molar-refractivity contribution in [2.75, 3.05) is 0 Å². The smallest absolute Gasteiger partial charge is 0.240 e. The van der Waals surface area contributed by atoms with E-state index in [1.807, 2.05) is 6.92 Å². The molecule has 21 heavy (non-hydrogen) atoms. The largest absolute Gasteiger partial charge is 0.388 e. The SMILES string of the molecule is CCC(O)c1cccc(S(=O)(=O)NC2CCCC(C)C2)c1. The molecule has 5 heteroatoms. The topological polar surface area (TPSA) is 66.4 Å². The van der Waals surface area contributed by atoms with Crippen molar-refractivity contribution in [1.82, 2.24) is 4.72 Å². The minimum atomic E-state index is -3.51. The van der Waals surface area contributed by atoms with Crippen molar-refractivity contribution in [3.63, 3.8) is 0 Å². The van der Waals surface area contributed by atoms with Crippen molar-refractivity contribution in [1.29, 1.82) is 0 Å². The lowest BCUT2D eigenvalue weighted by Gasteiger charge is -2.27. The van der Waals surface area contributed by atoms with Crippen LogP contribution < -0.4 is 4.72 Å². The summed E-state index contributed by atoms with van der Waals surface area (Å²) in [4.78, 5) is 0.241. The fraction of sp³-hybridized carbons (Fsp3) is 0.625. The van der Waals surface area contributed by atoms with Crippen molar-refractivity contribution in [2.24, 2.45) is 5.92 Å². The molecule has 0 bridgehead atoms. The number of nitrogens with one attached hydrogen (secondary N) is 1. The summed E-state index contributed by atoms with van der Waals surface area (Å²) in [5.41, 5.74) is 0.650. The monoisotopic (exact) mass is 311 g/mol. The summed E-state index contributed by atoms with van der Waals surface area (Å²) in [5.74, 6) is 0.569. The van der Waals surface area contributed by atoms with Gasteiger partial charge in [0, 0.05) is 6.04 Å². The molecule has 0 aliphatic heterocycles. The van der Waals surface area contributed by atoms with Crippen LogP contribution in [0.4, 0.5) is 0 Å². The first-order valence-corrected chi connectivity index (χ1v) is 9.21. The molecule has 0 heterocycles. The molecule has 118 valence electrons. The molecule has 1 fully saturated rings. The van der Waals surface area contributed by atoms with Gasteiger partial charge in [0.2, 0.25) is 10.0 Å². The fourth-order valence-electron chi connectivity index (χ4n) is 2.95. The summed E-state index contributed by atoms with van der Waals surface area (Å²) >= 11 is 0. The summed E-state index contributed by atoms with van der Waals surface area (Å²) in [7, 11) is -3.51. The van der Waals surface area contributed by atoms with Gasteiger partial charge in [0.25, 0.3) is 0 Å². The number of aliphatic hydroxyl groups excluding tert-OH is 1. The molecular weight excluding hydrogens is 286 g/mol. The lowest BCUT2D eigenvalue weighted by Crippen LogP contribution is -2.37. The van der Waals surface area contributed by atoms with Crippen molar-refractivity contribution < 1.29 is 13.5 Å². The highest BCUT2D eigenvalue weighted by Crippen LogP contribution is 2.25. The van der Waals surface area contributed by atoms with Gasteiger partial charge in [-0.3, -0.25) is 0 Å². The lowest BCUT2D eigenvalue weighted by atomic mass is 9.88. The first-order chi connectivity index (χ1) is 9.92. The summed E-state index contributed by atoms with van der Waals surface area (Å²) in [6, 6.07) is 6.63. The maximum atomic E-state index is 12.5. The molecule has 3 atom stereocenters. The highest BCUT2D eigenvalue weighted by Gasteiger charge is 2.25. The number of aliphatic hydroxyl groups is 1. The van der Waals surface area contributed by atoms with Gasteiger partial charge in [0.1, 0.15) is 0 Å². The van der Waals surface area contributed by atoms with Crippen LogP contribution >= 0.6 is 0 Å². The molecule has 0 radical (unpaired) electrons. The van der Waals surface area contributed by atoms with E-state index in [1.54, 1.807) is 24.3 Å². The normalized spacial score (nSPS) is 24.7. The molecule has 1 aromatic carbocycles. The zero-order valence-corrected chi connectivity index (χ0v) is 13.6. The number of benzene rings is 1. The molecule has 2 rings (SSSR count). The van der Waals surface area contributed by atoms with Gasteiger partial charge in [-0.05, 0) is 42.9 Å². The van der Waals surface area contributed by atoms with Crippen LogP contribution in [0, 0.1) is 5.92 Å². The van der Waals surface area contributed by atoms with E-state index in [-0.39, 0.29) is 10.9 Å². The Kier molecular flexibility index (Phi) is 5.41. The Hall–Kier alpha value is -0.910. The Balaban J connectivity index is 2.15. The molecule has 2 N–H and O–H groups in total. The molecule has 1 aromatic rings. The molecule has 4 nitrogen and oxygen atoms in total. The Bertz CT molecular complexity index is 571. The van der Waals surface area contributed by atoms with Crippen LogP contribution in [0.5, 0.6) is 0 Å². The molecule has 0 amide bonds. The van der Waals surface area contributed by atoms with Crippen LogP contribution in [0.25, 0.3) is 0 Å². The number of sulfonamides is 1. The van der Waals surface area contributed by atoms with Crippen LogP contribution in [0.15, 0.2) is 29.2 Å². The third-order valence-corrected chi connectivity index (χ3v) is 5.72. The predicted octanol–water partition coefficient (Wildman–Crippen LogP) is 2.99. The maximum Gasteiger partial charge on any atom is 0.240 e. The van der Waals surface area contributed by atoms with E-state index < -0.39 is 16.1 Å². The minimum absolute atomic E-state index is 0.0264. The van der Waals surface area contributed by atoms with Crippen LogP contribution in [0.1, 0.15) is 57.6 Å². The number of hydrogen-bond acceptors (Lipinski definition) is 3. The van der Waals surface area contributed by atoms with E-state index in [0.717, 1.165) is 19.3 Å². The van der Waals surface area contributed by atoms with E-state index in [1.165, 1.54) is 6.42 Å². The maximum absolute atomic E-state index is 12.5. The zero-order valence-electron chi connectivity index (χ0n) is 12.7. The number of rotatable bonds is 5. The third-order valence-electron chi connectivity index (χ3n) is 4.20. The zero-order chi connectivity index (χ0) is 15.5. The Labute approximate surface area is 127 Å². The van der Waals surface area contributed by atoms with E-state index >= 15 is 0 Å². The molecule has 1 aliphatic carbocycles. The minimum Gasteiger partial charge on any atom is -0.388 e. The van der Waals surface area contributed by atoms with Crippen molar-refractivity contribution in [3.05, 3.63) is 29.8 Å². The van der Waals surface area contributed by atoms with Crippen LogP contribution in [0.3, 0.4) is 0 Å². The van der Waals surface area contributed by atoms with Crippen LogP contribution in [-0.4, -0.2) is 19.6 Å². The quantitative estimate of drug-likeness (QED) is 0.878. The molecule has 1 aliphatic rings. The predicted molar refractivity (Wildman–Crippen MR) is 83.4 cm³/mol. The highest BCUT2D eigenvalue weighted by molar-refractivity contribution is 7.89. The van der Waals surface area contributed by atoms with E-state index in [0.29, 0.717) is 17.9 Å². The van der Waals surface area contributed by atoms with Crippen LogP contribution in [-0.2, 0) is 10.0 Å². The summed E-state index contributed by atoms with van der Waals surface area (Å²) in [6.07, 6.45) is 4.00. The molecule has 0 aromatic heterocycles. The molecule has 3 unspecified atom stereocenters. The third kappa shape index (κ3) is 4.28. The number of hydrogen-bond donors (Lipinski definition) is 2. The second-order valence-electron chi connectivity index (χ2n) is 6.09. The van der Waals surface area contributed by atoms with Gasteiger partial charge in [-0.1, -0.05) is 38.8 Å². The standard InChI is InChI=1S/C16H25NO3S/c1-3-16(18)13-7-5-9-15(11-13)21(19,20)17-14-8-4-6-12(2)10-14/h5,7,9,11-12,14,16-18H,3-4,6,8,10H2,1-2H3. The summed E-state index contributed by atoms with van der Waals surface area (Å²) in [5, 5.41) is 9.86. The fourth-order valence-corrected chi connectivity index (χ4v) is 4.29. The van der Waals surface area contributed by atoms with Crippen molar-refractivity contribution >= 4 is 10.0 Å². The van der Waals surface area contributed by atoms with Crippen molar-refractivity contribution in [2.45, 2.75) is 63.0 Å². The van der Waals surface area contributed by atoms with E-state index in [9.17, 15) is 13.5 Å². The Morgan fingerprint density at radius 1 is 1.38 bits per heavy atom. The van der Waals surface area contributed by atoms with Gasteiger partial charge >= 0.3 is 0 Å². The van der Waals surface area contributed by atoms with Gasteiger partial charge in [-0.15, -0.1) is 0 Å². The van der Waals surface area contributed by atoms with E-state index in [4.69, 9.17) is 0 Å². The first kappa shape index (κ1) is 16.5. The molecule has 0 saturated heterocycles. The molecule has 0 spiro atoms.